The van der Waals surface area contributed by atoms with E-state index in [4.69, 9.17) is 4.74 Å². The molecule has 1 unspecified atom stereocenters. The summed E-state index contributed by atoms with van der Waals surface area (Å²) < 4.78 is 5.29. The van der Waals surface area contributed by atoms with Gasteiger partial charge in [-0.3, -0.25) is 4.79 Å². The fourth-order valence-electron chi connectivity index (χ4n) is 2.29. The molecule has 0 aromatic heterocycles. The summed E-state index contributed by atoms with van der Waals surface area (Å²) in [6, 6.07) is 0. The summed E-state index contributed by atoms with van der Waals surface area (Å²) in [6.07, 6.45) is 9.57. The summed E-state index contributed by atoms with van der Waals surface area (Å²) in [4.78, 5) is 11.5. The summed E-state index contributed by atoms with van der Waals surface area (Å²) in [6.45, 7) is 1.96. The Bertz CT molecular complexity index is 216. The second-order valence-electron chi connectivity index (χ2n) is 5.19. The van der Waals surface area contributed by atoms with Gasteiger partial charge in [0.05, 0.1) is 12.2 Å². The molecule has 0 bridgehead atoms. The van der Waals surface area contributed by atoms with Crippen molar-refractivity contribution in [3.63, 3.8) is 0 Å². The van der Waals surface area contributed by atoms with Crippen molar-refractivity contribution in [1.29, 1.82) is 0 Å². The quantitative estimate of drug-likeness (QED) is 0.664. The highest BCUT2D eigenvalue weighted by Crippen LogP contribution is 2.15. The van der Waals surface area contributed by atoms with Gasteiger partial charge < -0.3 is 9.84 Å². The summed E-state index contributed by atoms with van der Waals surface area (Å²) >= 11 is 0. The monoisotopic (exact) mass is 242 g/mol. The number of carbonyl (C=O) groups is 1. The molecule has 3 heteroatoms. The van der Waals surface area contributed by atoms with Crippen LogP contribution in [0.4, 0.5) is 0 Å². The van der Waals surface area contributed by atoms with Crippen LogP contribution < -0.4 is 0 Å². The summed E-state index contributed by atoms with van der Waals surface area (Å²) in [5.74, 6) is -0.159. The van der Waals surface area contributed by atoms with E-state index in [1.807, 2.05) is 6.92 Å². The van der Waals surface area contributed by atoms with E-state index in [-0.39, 0.29) is 18.2 Å². The first-order valence-corrected chi connectivity index (χ1v) is 7.06. The molecular formula is C14H26O3. The van der Waals surface area contributed by atoms with E-state index in [9.17, 15) is 9.90 Å². The lowest BCUT2D eigenvalue weighted by molar-refractivity contribution is -0.149. The largest absolute Gasteiger partial charge is 0.463 e. The Hall–Kier alpha value is -0.570. The van der Waals surface area contributed by atoms with Gasteiger partial charge in [-0.2, -0.15) is 0 Å². The van der Waals surface area contributed by atoms with E-state index >= 15 is 0 Å². The lowest BCUT2D eigenvalue weighted by Crippen LogP contribution is -2.17. The maximum Gasteiger partial charge on any atom is 0.306 e. The Labute approximate surface area is 105 Å². The summed E-state index contributed by atoms with van der Waals surface area (Å²) in [5.41, 5.74) is 0. The number of rotatable bonds is 0. The molecule has 1 fully saturated rings. The van der Waals surface area contributed by atoms with E-state index in [2.05, 4.69) is 0 Å². The van der Waals surface area contributed by atoms with Crippen molar-refractivity contribution in [2.75, 3.05) is 0 Å². The minimum atomic E-state index is -0.333. The molecule has 0 amide bonds. The molecule has 0 aliphatic carbocycles. The predicted octanol–water partition coefficient (Wildman–Crippen LogP) is 3.19. The third kappa shape index (κ3) is 7.37. The molecular weight excluding hydrogens is 216 g/mol. The Balaban J connectivity index is 2.33. The molecule has 0 radical (unpaired) electrons. The normalized spacial score (nSPS) is 30.4. The average molecular weight is 242 g/mol. The molecule has 100 valence electrons. The molecule has 0 saturated carbocycles. The zero-order chi connectivity index (χ0) is 12.5. The topological polar surface area (TPSA) is 46.5 Å². The van der Waals surface area contributed by atoms with Gasteiger partial charge in [0.25, 0.3) is 0 Å². The Morgan fingerprint density at radius 1 is 1.00 bits per heavy atom. The van der Waals surface area contributed by atoms with Crippen LogP contribution in [0.15, 0.2) is 0 Å². The van der Waals surface area contributed by atoms with Crippen LogP contribution in [-0.2, 0) is 9.53 Å². The number of hydrogen-bond acceptors (Lipinski definition) is 3. The van der Waals surface area contributed by atoms with Crippen LogP contribution in [0.3, 0.4) is 0 Å². The minimum Gasteiger partial charge on any atom is -0.463 e. The zero-order valence-corrected chi connectivity index (χ0v) is 11.0. The Morgan fingerprint density at radius 2 is 1.59 bits per heavy atom. The van der Waals surface area contributed by atoms with Crippen molar-refractivity contribution in [3.05, 3.63) is 0 Å². The van der Waals surface area contributed by atoms with Gasteiger partial charge in [0.2, 0.25) is 0 Å². The Kier molecular flexibility index (Phi) is 7.25. The van der Waals surface area contributed by atoms with Crippen molar-refractivity contribution in [3.8, 4) is 0 Å². The molecule has 1 aliphatic rings. The van der Waals surface area contributed by atoms with Gasteiger partial charge >= 0.3 is 5.97 Å². The van der Waals surface area contributed by atoms with Gasteiger partial charge in [-0.15, -0.1) is 0 Å². The number of esters is 1. The standard InChI is InChI=1S/C14H26O3/c1-12-8-6-4-2-3-5-7-9-13(15)10-11-14(16)17-12/h12-13,15H,2-11H2,1H3/t12?,13-/m1/s1. The molecule has 1 rings (SSSR count). The third-order valence-electron chi connectivity index (χ3n) is 3.41. The van der Waals surface area contributed by atoms with Crippen molar-refractivity contribution in [2.24, 2.45) is 0 Å². The van der Waals surface area contributed by atoms with Crippen molar-refractivity contribution in [1.82, 2.24) is 0 Å². The van der Waals surface area contributed by atoms with Crippen LogP contribution in [0.25, 0.3) is 0 Å². The number of ether oxygens (including phenoxy) is 1. The first kappa shape index (κ1) is 14.5. The smallest absolute Gasteiger partial charge is 0.306 e. The maximum atomic E-state index is 11.5. The van der Waals surface area contributed by atoms with E-state index in [0.29, 0.717) is 12.8 Å². The van der Waals surface area contributed by atoms with E-state index in [1.54, 1.807) is 0 Å². The molecule has 1 saturated heterocycles. The van der Waals surface area contributed by atoms with E-state index in [1.165, 1.54) is 25.7 Å². The first-order chi connectivity index (χ1) is 8.18. The predicted molar refractivity (Wildman–Crippen MR) is 67.7 cm³/mol. The highest BCUT2D eigenvalue weighted by molar-refractivity contribution is 5.69. The van der Waals surface area contributed by atoms with Crippen LogP contribution in [0.5, 0.6) is 0 Å². The molecule has 1 heterocycles. The van der Waals surface area contributed by atoms with Gasteiger partial charge in [-0.25, -0.2) is 0 Å². The first-order valence-electron chi connectivity index (χ1n) is 7.06. The zero-order valence-electron chi connectivity index (χ0n) is 11.0. The molecule has 0 spiro atoms. The fraction of sp³-hybridized carbons (Fsp3) is 0.929. The second-order valence-corrected chi connectivity index (χ2v) is 5.19. The van der Waals surface area contributed by atoms with Gasteiger partial charge in [0.1, 0.15) is 0 Å². The fourth-order valence-corrected chi connectivity index (χ4v) is 2.29. The molecule has 1 N–H and O–H groups in total. The van der Waals surface area contributed by atoms with Crippen LogP contribution >= 0.6 is 0 Å². The van der Waals surface area contributed by atoms with E-state index in [0.717, 1.165) is 25.7 Å². The summed E-state index contributed by atoms with van der Waals surface area (Å²) in [5, 5.41) is 9.69. The minimum absolute atomic E-state index is 0.0302. The van der Waals surface area contributed by atoms with Crippen molar-refractivity contribution >= 4 is 5.97 Å². The molecule has 0 aromatic rings. The molecule has 1 aliphatic heterocycles. The molecule has 0 aromatic carbocycles. The molecule has 2 atom stereocenters. The van der Waals surface area contributed by atoms with Crippen molar-refractivity contribution in [2.45, 2.75) is 83.3 Å². The average Bonchev–Trinajstić information content (AvgIpc) is 2.29. The Morgan fingerprint density at radius 3 is 2.29 bits per heavy atom. The van der Waals surface area contributed by atoms with Gasteiger partial charge in [0, 0.05) is 6.42 Å². The number of cyclic esters (lactones) is 1. The second kappa shape index (κ2) is 8.51. The maximum absolute atomic E-state index is 11.5. The third-order valence-corrected chi connectivity index (χ3v) is 3.41. The van der Waals surface area contributed by atoms with Crippen molar-refractivity contribution < 1.29 is 14.6 Å². The van der Waals surface area contributed by atoms with Crippen LogP contribution in [-0.4, -0.2) is 23.3 Å². The number of aliphatic hydroxyl groups excluding tert-OH is 1. The number of hydrogen-bond donors (Lipinski definition) is 1. The van der Waals surface area contributed by atoms with Crippen LogP contribution in [0.1, 0.15) is 71.1 Å². The molecule has 17 heavy (non-hydrogen) atoms. The highest BCUT2D eigenvalue weighted by atomic mass is 16.5. The SMILES string of the molecule is CC1CCCCCCCC[C@@H](O)CCC(=O)O1. The summed E-state index contributed by atoms with van der Waals surface area (Å²) in [7, 11) is 0. The van der Waals surface area contributed by atoms with Crippen LogP contribution in [0, 0.1) is 0 Å². The lowest BCUT2D eigenvalue weighted by atomic mass is 10.0. The number of carbonyl (C=O) groups excluding carboxylic acids is 1. The molecule has 3 nitrogen and oxygen atoms in total. The van der Waals surface area contributed by atoms with Gasteiger partial charge in [-0.1, -0.05) is 32.1 Å². The van der Waals surface area contributed by atoms with Gasteiger partial charge in [0.15, 0.2) is 0 Å². The van der Waals surface area contributed by atoms with E-state index < -0.39 is 0 Å². The lowest BCUT2D eigenvalue weighted by Gasteiger charge is -2.15. The van der Waals surface area contributed by atoms with Gasteiger partial charge in [-0.05, 0) is 32.6 Å². The number of aliphatic hydroxyl groups is 1. The highest BCUT2D eigenvalue weighted by Gasteiger charge is 2.12. The van der Waals surface area contributed by atoms with Crippen LogP contribution in [0.2, 0.25) is 0 Å².